The lowest BCUT2D eigenvalue weighted by molar-refractivity contribution is -0.0549. The maximum absolute atomic E-state index is 11.4. The van der Waals surface area contributed by atoms with Crippen molar-refractivity contribution < 1.29 is 20.1 Å². The highest BCUT2D eigenvalue weighted by Crippen LogP contribution is 2.27. The zero-order chi connectivity index (χ0) is 11.7. The third-order valence-electron chi connectivity index (χ3n) is 2.53. The summed E-state index contributed by atoms with van der Waals surface area (Å²) < 4.78 is 6.25. The largest absolute Gasteiger partial charge is 0.394 e. The zero-order valence-electron chi connectivity index (χ0n) is 8.30. The summed E-state index contributed by atoms with van der Waals surface area (Å²) in [5, 5.41) is 28.1. The van der Waals surface area contributed by atoms with Crippen molar-refractivity contribution in [2.75, 3.05) is 6.61 Å². The van der Waals surface area contributed by atoms with Gasteiger partial charge < -0.3 is 20.1 Å². The number of ether oxygens (including phenoxy) is 1. The molecule has 3 N–H and O–H groups in total. The summed E-state index contributed by atoms with van der Waals surface area (Å²) in [5.74, 6) is 0. The van der Waals surface area contributed by atoms with Crippen molar-refractivity contribution in [3.05, 3.63) is 28.9 Å². The molecule has 0 aromatic carbocycles. The summed E-state index contributed by atoms with van der Waals surface area (Å²) in [6.07, 6.45) is -1.68. The minimum absolute atomic E-state index is 0.427. The van der Waals surface area contributed by atoms with Crippen LogP contribution >= 0.6 is 0 Å². The van der Waals surface area contributed by atoms with Gasteiger partial charge in [-0.2, -0.15) is 0 Å². The molecule has 0 spiro atoms. The minimum atomic E-state index is -1.26. The molecule has 88 valence electrons. The molecule has 16 heavy (non-hydrogen) atoms. The summed E-state index contributed by atoms with van der Waals surface area (Å²) in [7, 11) is 0. The molecule has 0 amide bonds. The molecule has 1 aromatic rings. The molecule has 7 heteroatoms. The van der Waals surface area contributed by atoms with Crippen molar-refractivity contribution >= 4 is 0 Å². The average molecular weight is 228 g/mol. The minimum Gasteiger partial charge on any atom is -0.394 e. The first-order chi connectivity index (χ1) is 7.65. The predicted octanol–water partition coefficient (Wildman–Crippen LogP) is -2.15. The van der Waals surface area contributed by atoms with E-state index in [4.69, 9.17) is 9.84 Å². The summed E-state index contributed by atoms with van der Waals surface area (Å²) in [4.78, 5) is 14.9. The molecule has 1 aromatic heterocycles. The molecule has 0 saturated carbocycles. The first-order valence-electron chi connectivity index (χ1n) is 4.80. The van der Waals surface area contributed by atoms with E-state index >= 15 is 0 Å². The third-order valence-corrected chi connectivity index (χ3v) is 2.53. The summed E-state index contributed by atoms with van der Waals surface area (Å²) in [6, 6.07) is 1.51. The molecule has 1 aliphatic heterocycles. The topological polar surface area (TPSA) is 105 Å². The third kappa shape index (κ3) is 1.74. The smallest absolute Gasteiger partial charge is 0.349 e. The number of hydrogen-bond donors (Lipinski definition) is 3. The van der Waals surface area contributed by atoms with Crippen molar-refractivity contribution in [2.45, 2.75) is 24.5 Å². The van der Waals surface area contributed by atoms with Gasteiger partial charge in [0.25, 0.3) is 0 Å². The molecule has 1 saturated heterocycles. The highest BCUT2D eigenvalue weighted by molar-refractivity contribution is 4.92. The van der Waals surface area contributed by atoms with Crippen molar-refractivity contribution in [3.63, 3.8) is 0 Å². The Morgan fingerprint density at radius 2 is 2.19 bits per heavy atom. The average Bonchev–Trinajstić information content (AvgIpc) is 2.57. The van der Waals surface area contributed by atoms with Gasteiger partial charge in [-0.1, -0.05) is 0 Å². The second-order valence-corrected chi connectivity index (χ2v) is 3.54. The predicted molar refractivity (Wildman–Crippen MR) is 51.5 cm³/mol. The number of hydrogen-bond acceptors (Lipinski definition) is 6. The first-order valence-corrected chi connectivity index (χ1v) is 4.80. The van der Waals surface area contributed by atoms with E-state index in [2.05, 4.69) is 4.98 Å². The summed E-state index contributed by atoms with van der Waals surface area (Å²) in [6.45, 7) is -0.427. The first kappa shape index (κ1) is 11.2. The zero-order valence-corrected chi connectivity index (χ0v) is 8.30. The van der Waals surface area contributed by atoms with E-state index in [9.17, 15) is 15.0 Å². The Bertz CT molecular complexity index is 420. The highest BCUT2D eigenvalue weighted by Gasteiger charge is 2.43. The molecular weight excluding hydrogens is 216 g/mol. The molecule has 1 fully saturated rings. The molecule has 2 rings (SSSR count). The lowest BCUT2D eigenvalue weighted by Crippen LogP contribution is -2.35. The van der Waals surface area contributed by atoms with Crippen LogP contribution in [0.25, 0.3) is 0 Å². The normalized spacial score (nSPS) is 34.2. The van der Waals surface area contributed by atoms with E-state index < -0.39 is 36.8 Å². The summed E-state index contributed by atoms with van der Waals surface area (Å²) in [5.41, 5.74) is -0.586. The van der Waals surface area contributed by atoms with Gasteiger partial charge >= 0.3 is 5.69 Å². The molecule has 0 unspecified atom stereocenters. The van der Waals surface area contributed by atoms with Gasteiger partial charge in [-0.05, 0) is 6.07 Å². The van der Waals surface area contributed by atoms with Gasteiger partial charge in [0.15, 0.2) is 6.23 Å². The molecule has 2 heterocycles. The fourth-order valence-corrected chi connectivity index (χ4v) is 1.67. The molecular formula is C9H12N2O5. The van der Waals surface area contributed by atoms with Crippen LogP contribution in [0.1, 0.15) is 6.23 Å². The number of aliphatic hydroxyl groups excluding tert-OH is 3. The molecule has 7 nitrogen and oxygen atoms in total. The van der Waals surface area contributed by atoms with Crippen LogP contribution in [0.5, 0.6) is 0 Å². The number of aromatic nitrogens is 2. The Hall–Kier alpha value is -1.28. The van der Waals surface area contributed by atoms with Crippen molar-refractivity contribution in [3.8, 4) is 0 Å². The monoisotopic (exact) mass is 228 g/mol. The summed E-state index contributed by atoms with van der Waals surface area (Å²) >= 11 is 0. The standard InChI is InChI=1S/C9H12N2O5/c12-4-5-6(13)7(14)8(16-5)11-3-1-2-10-9(11)15/h1-3,5-8,12-14H,4H2/t5-,6+,7+,8-/m0/s1. The number of nitrogens with zero attached hydrogens (tertiary/aromatic N) is 2. The molecule has 4 atom stereocenters. The maximum Gasteiger partial charge on any atom is 0.349 e. The number of rotatable bonds is 2. The van der Waals surface area contributed by atoms with Gasteiger partial charge in [0.1, 0.15) is 18.3 Å². The van der Waals surface area contributed by atoms with Gasteiger partial charge in [-0.15, -0.1) is 0 Å². The van der Waals surface area contributed by atoms with E-state index in [0.717, 1.165) is 4.57 Å². The lowest BCUT2D eigenvalue weighted by atomic mass is 10.1. The van der Waals surface area contributed by atoms with Crippen LogP contribution in [0.4, 0.5) is 0 Å². The molecule has 0 bridgehead atoms. The maximum atomic E-state index is 11.4. The van der Waals surface area contributed by atoms with Gasteiger partial charge in [0.05, 0.1) is 6.61 Å². The van der Waals surface area contributed by atoms with Gasteiger partial charge in [0, 0.05) is 12.4 Å². The van der Waals surface area contributed by atoms with Crippen LogP contribution in [-0.2, 0) is 4.74 Å². The highest BCUT2D eigenvalue weighted by atomic mass is 16.6. The van der Waals surface area contributed by atoms with Crippen LogP contribution in [-0.4, -0.2) is 49.8 Å². The van der Waals surface area contributed by atoms with Crippen molar-refractivity contribution in [1.29, 1.82) is 0 Å². The van der Waals surface area contributed by atoms with Gasteiger partial charge in [-0.25, -0.2) is 9.78 Å². The Morgan fingerprint density at radius 3 is 2.75 bits per heavy atom. The Kier molecular flexibility index (Phi) is 3.01. The van der Waals surface area contributed by atoms with Crippen LogP contribution in [0, 0.1) is 0 Å². The van der Waals surface area contributed by atoms with E-state index in [1.54, 1.807) is 0 Å². The molecule has 0 radical (unpaired) electrons. The second kappa shape index (κ2) is 4.30. The molecule has 0 aliphatic carbocycles. The van der Waals surface area contributed by atoms with Crippen LogP contribution in [0.15, 0.2) is 23.3 Å². The quantitative estimate of drug-likeness (QED) is 0.533. The Morgan fingerprint density at radius 1 is 1.44 bits per heavy atom. The van der Waals surface area contributed by atoms with Gasteiger partial charge in [-0.3, -0.25) is 4.57 Å². The second-order valence-electron chi connectivity index (χ2n) is 3.54. The van der Waals surface area contributed by atoms with Crippen LogP contribution in [0.2, 0.25) is 0 Å². The SMILES string of the molecule is O=c1ncccn1[C@H]1O[C@@H](CO)[C@@H](O)[C@H]1O. The Balaban J connectivity index is 2.30. The Labute approximate surface area is 90.6 Å². The van der Waals surface area contributed by atoms with E-state index in [0.29, 0.717) is 0 Å². The van der Waals surface area contributed by atoms with Gasteiger partial charge in [0.2, 0.25) is 0 Å². The van der Waals surface area contributed by atoms with E-state index in [-0.39, 0.29) is 0 Å². The lowest BCUT2D eigenvalue weighted by Gasteiger charge is -2.16. The van der Waals surface area contributed by atoms with E-state index in [1.807, 2.05) is 0 Å². The van der Waals surface area contributed by atoms with E-state index in [1.165, 1.54) is 18.5 Å². The fourth-order valence-electron chi connectivity index (χ4n) is 1.67. The van der Waals surface area contributed by atoms with Crippen molar-refractivity contribution in [1.82, 2.24) is 9.55 Å². The van der Waals surface area contributed by atoms with Crippen LogP contribution in [0.3, 0.4) is 0 Å². The molecule has 1 aliphatic rings. The van der Waals surface area contributed by atoms with Crippen LogP contribution < -0.4 is 5.69 Å². The number of aliphatic hydroxyl groups is 3. The van der Waals surface area contributed by atoms with Crippen molar-refractivity contribution in [2.24, 2.45) is 0 Å². The fraction of sp³-hybridized carbons (Fsp3) is 0.556.